The quantitative estimate of drug-likeness (QED) is 0.510. The van der Waals surface area contributed by atoms with Gasteiger partial charge in [-0.25, -0.2) is 0 Å². The van der Waals surface area contributed by atoms with Crippen LogP contribution in [0.4, 0.5) is 0 Å². The van der Waals surface area contributed by atoms with E-state index in [-0.39, 0.29) is 6.10 Å². The van der Waals surface area contributed by atoms with Gasteiger partial charge in [0.05, 0.1) is 6.10 Å². The summed E-state index contributed by atoms with van der Waals surface area (Å²) in [6.07, 6.45) is 12.8. The molecule has 0 saturated heterocycles. The minimum Gasteiger partial charge on any atom is -0.388 e. The smallest absolute Gasteiger partial charge is 0.0798 e. The predicted octanol–water partition coefficient (Wildman–Crippen LogP) is 5.70. The van der Waals surface area contributed by atoms with E-state index in [9.17, 15) is 5.11 Å². The lowest BCUT2D eigenvalue weighted by Gasteiger charge is -2.08. The van der Waals surface area contributed by atoms with Crippen LogP contribution in [0.1, 0.15) is 82.8 Å². The summed E-state index contributed by atoms with van der Waals surface area (Å²) in [4.78, 5) is 0. The zero-order valence-electron chi connectivity index (χ0n) is 11.7. The van der Waals surface area contributed by atoms with Crippen LogP contribution in [0.15, 0.2) is 16.8 Å². The van der Waals surface area contributed by atoms with Crippen molar-refractivity contribution in [1.82, 2.24) is 0 Å². The molecule has 1 N–H and O–H groups in total. The summed E-state index contributed by atoms with van der Waals surface area (Å²) >= 11 is 1.66. The minimum absolute atomic E-state index is 0.235. The minimum atomic E-state index is -0.235. The summed E-state index contributed by atoms with van der Waals surface area (Å²) in [5.74, 6) is 0. The van der Waals surface area contributed by atoms with Crippen LogP contribution >= 0.6 is 11.3 Å². The maximum Gasteiger partial charge on any atom is 0.0798 e. The molecule has 1 aromatic rings. The molecule has 2 heteroatoms. The van der Waals surface area contributed by atoms with Crippen molar-refractivity contribution in [3.63, 3.8) is 0 Å². The van der Waals surface area contributed by atoms with E-state index in [4.69, 9.17) is 0 Å². The molecule has 1 unspecified atom stereocenters. The molecule has 0 amide bonds. The highest BCUT2D eigenvalue weighted by Crippen LogP contribution is 2.22. The molecule has 0 aliphatic heterocycles. The summed E-state index contributed by atoms with van der Waals surface area (Å²) in [5.41, 5.74) is 1.10. The summed E-state index contributed by atoms with van der Waals surface area (Å²) in [5, 5.41) is 14.0. The Balaban J connectivity index is 1.87. The van der Waals surface area contributed by atoms with Gasteiger partial charge in [0.25, 0.3) is 0 Å². The molecule has 1 aromatic heterocycles. The zero-order chi connectivity index (χ0) is 13.1. The second-order valence-corrected chi connectivity index (χ2v) is 5.97. The highest BCUT2D eigenvalue weighted by molar-refractivity contribution is 7.07. The molecular formula is C16H28OS. The van der Waals surface area contributed by atoms with E-state index in [1.807, 2.05) is 11.4 Å². The molecule has 104 valence electrons. The van der Waals surface area contributed by atoms with Gasteiger partial charge in [0.2, 0.25) is 0 Å². The maximum absolute atomic E-state index is 9.92. The Hall–Kier alpha value is -0.340. The van der Waals surface area contributed by atoms with Crippen molar-refractivity contribution in [3.05, 3.63) is 22.4 Å². The number of unbranched alkanes of at least 4 members (excludes halogenated alkanes) is 8. The molecule has 0 fully saturated rings. The van der Waals surface area contributed by atoms with Gasteiger partial charge in [0, 0.05) is 0 Å². The number of aliphatic hydroxyl groups is 1. The fraction of sp³-hybridized carbons (Fsp3) is 0.750. The zero-order valence-corrected chi connectivity index (χ0v) is 12.6. The lowest BCUT2D eigenvalue weighted by atomic mass is 10.0. The number of hydrogen-bond donors (Lipinski definition) is 1. The van der Waals surface area contributed by atoms with Crippen molar-refractivity contribution in [2.45, 2.75) is 77.2 Å². The predicted molar refractivity (Wildman–Crippen MR) is 81.1 cm³/mol. The molecule has 1 atom stereocenters. The summed E-state index contributed by atoms with van der Waals surface area (Å²) < 4.78 is 0. The summed E-state index contributed by atoms with van der Waals surface area (Å²) in [6.45, 7) is 2.26. The van der Waals surface area contributed by atoms with E-state index < -0.39 is 0 Å². The Bertz CT molecular complexity index is 269. The first-order valence-electron chi connectivity index (χ1n) is 7.54. The SMILES string of the molecule is CCCCCCCCCCCC(O)c1ccsc1. The van der Waals surface area contributed by atoms with Crippen molar-refractivity contribution in [1.29, 1.82) is 0 Å². The van der Waals surface area contributed by atoms with Crippen LogP contribution in [0.3, 0.4) is 0 Å². The number of hydrogen-bond acceptors (Lipinski definition) is 2. The van der Waals surface area contributed by atoms with E-state index in [1.165, 1.54) is 51.4 Å². The second kappa shape index (κ2) is 10.6. The first-order valence-corrected chi connectivity index (χ1v) is 8.49. The van der Waals surface area contributed by atoms with Gasteiger partial charge in [-0.1, -0.05) is 64.7 Å². The average molecular weight is 268 g/mol. The Labute approximate surface area is 116 Å². The normalized spacial score (nSPS) is 12.8. The average Bonchev–Trinajstić information content (AvgIpc) is 2.90. The van der Waals surface area contributed by atoms with Crippen molar-refractivity contribution >= 4 is 11.3 Å². The molecule has 1 nitrogen and oxygen atoms in total. The Kier molecular flexibility index (Phi) is 9.23. The van der Waals surface area contributed by atoms with Crippen molar-refractivity contribution in [3.8, 4) is 0 Å². The molecule has 1 heterocycles. The third-order valence-electron chi connectivity index (χ3n) is 3.51. The lowest BCUT2D eigenvalue weighted by molar-refractivity contribution is 0.164. The third-order valence-corrected chi connectivity index (χ3v) is 4.21. The number of rotatable bonds is 11. The highest BCUT2D eigenvalue weighted by Gasteiger charge is 2.06. The van der Waals surface area contributed by atoms with Crippen LogP contribution in [0.25, 0.3) is 0 Å². The van der Waals surface area contributed by atoms with E-state index >= 15 is 0 Å². The van der Waals surface area contributed by atoms with Crippen LogP contribution < -0.4 is 0 Å². The Morgan fingerprint density at radius 1 is 1.00 bits per heavy atom. The standard InChI is InChI=1S/C16H28OS/c1-2-3-4-5-6-7-8-9-10-11-16(17)15-12-13-18-14-15/h12-14,16-17H,2-11H2,1H3. The first kappa shape index (κ1) is 15.7. The van der Waals surface area contributed by atoms with Crippen LogP contribution in [0, 0.1) is 0 Å². The number of aliphatic hydroxyl groups excluding tert-OH is 1. The fourth-order valence-electron chi connectivity index (χ4n) is 2.28. The maximum atomic E-state index is 9.92. The molecule has 0 radical (unpaired) electrons. The topological polar surface area (TPSA) is 20.2 Å². The highest BCUT2D eigenvalue weighted by atomic mass is 32.1. The van der Waals surface area contributed by atoms with E-state index in [2.05, 4.69) is 12.3 Å². The molecular weight excluding hydrogens is 240 g/mol. The van der Waals surface area contributed by atoms with Gasteiger partial charge in [-0.05, 0) is 28.8 Å². The van der Waals surface area contributed by atoms with Crippen LogP contribution in [-0.4, -0.2) is 5.11 Å². The summed E-state index contributed by atoms with van der Waals surface area (Å²) in [6, 6.07) is 2.03. The molecule has 18 heavy (non-hydrogen) atoms. The monoisotopic (exact) mass is 268 g/mol. The molecule has 0 aromatic carbocycles. The van der Waals surface area contributed by atoms with Gasteiger partial charge < -0.3 is 5.11 Å². The summed E-state index contributed by atoms with van der Waals surface area (Å²) in [7, 11) is 0. The molecule has 0 bridgehead atoms. The van der Waals surface area contributed by atoms with Gasteiger partial charge >= 0.3 is 0 Å². The van der Waals surface area contributed by atoms with E-state index in [1.54, 1.807) is 11.3 Å². The van der Waals surface area contributed by atoms with Gasteiger partial charge in [-0.2, -0.15) is 11.3 Å². The van der Waals surface area contributed by atoms with Gasteiger partial charge in [0.15, 0.2) is 0 Å². The second-order valence-electron chi connectivity index (χ2n) is 5.19. The largest absolute Gasteiger partial charge is 0.388 e. The van der Waals surface area contributed by atoms with Crippen molar-refractivity contribution in [2.75, 3.05) is 0 Å². The lowest BCUT2D eigenvalue weighted by Crippen LogP contribution is -1.95. The molecule has 0 saturated carbocycles. The third kappa shape index (κ3) is 7.17. The fourth-order valence-corrected chi connectivity index (χ4v) is 2.99. The Morgan fingerprint density at radius 2 is 1.61 bits per heavy atom. The van der Waals surface area contributed by atoms with E-state index in [0.717, 1.165) is 18.4 Å². The van der Waals surface area contributed by atoms with Gasteiger partial charge in [0.1, 0.15) is 0 Å². The van der Waals surface area contributed by atoms with Crippen molar-refractivity contribution in [2.24, 2.45) is 0 Å². The van der Waals surface area contributed by atoms with Gasteiger partial charge in [-0.3, -0.25) is 0 Å². The molecule has 0 spiro atoms. The first-order chi connectivity index (χ1) is 8.84. The molecule has 0 aliphatic carbocycles. The van der Waals surface area contributed by atoms with E-state index in [0.29, 0.717) is 0 Å². The van der Waals surface area contributed by atoms with Crippen molar-refractivity contribution < 1.29 is 5.11 Å². The molecule has 1 rings (SSSR count). The van der Waals surface area contributed by atoms with Crippen LogP contribution in [-0.2, 0) is 0 Å². The molecule has 0 aliphatic rings. The van der Waals surface area contributed by atoms with Crippen LogP contribution in [0.2, 0.25) is 0 Å². The van der Waals surface area contributed by atoms with Crippen LogP contribution in [0.5, 0.6) is 0 Å². The Morgan fingerprint density at radius 3 is 2.17 bits per heavy atom. The number of thiophene rings is 1. The van der Waals surface area contributed by atoms with Gasteiger partial charge in [-0.15, -0.1) is 0 Å².